The zero-order valence-electron chi connectivity index (χ0n) is 11.6. The van der Waals surface area contributed by atoms with Crippen LogP contribution in [0.2, 0.25) is 0 Å². The van der Waals surface area contributed by atoms with Crippen LogP contribution in [-0.4, -0.2) is 34.8 Å². The van der Waals surface area contributed by atoms with Gasteiger partial charge in [0.2, 0.25) is 0 Å². The van der Waals surface area contributed by atoms with Crippen molar-refractivity contribution in [3.63, 3.8) is 0 Å². The van der Waals surface area contributed by atoms with E-state index in [0.29, 0.717) is 12.4 Å². The van der Waals surface area contributed by atoms with E-state index in [2.05, 4.69) is 5.32 Å². The van der Waals surface area contributed by atoms with Crippen LogP contribution < -0.4 is 5.32 Å². The maximum atomic E-state index is 12.6. The van der Waals surface area contributed by atoms with Gasteiger partial charge in [-0.2, -0.15) is 0 Å². The maximum Gasteiger partial charge on any atom is 0.325 e. The number of amides is 3. The van der Waals surface area contributed by atoms with E-state index in [1.165, 1.54) is 11.3 Å². The fourth-order valence-corrected chi connectivity index (χ4v) is 3.15. The van der Waals surface area contributed by atoms with E-state index in [4.69, 9.17) is 11.6 Å². The highest BCUT2D eigenvalue weighted by Gasteiger charge is 2.50. The zero-order valence-corrected chi connectivity index (χ0v) is 12.3. The first-order valence-corrected chi connectivity index (χ1v) is 7.82. The van der Waals surface area contributed by atoms with Crippen LogP contribution in [0.5, 0.6) is 0 Å². The molecule has 1 aliphatic heterocycles. The minimum Gasteiger partial charge on any atom is -0.323 e. The number of carbonyl (C=O) groups is 2. The van der Waals surface area contributed by atoms with E-state index in [1.807, 2.05) is 6.92 Å². The standard InChI is InChI=1S/C14H23ClN2O2/c1-11(9-15)10-17-12(18)14(16-13(17)19)7-5-3-2-4-6-8-14/h11H,2-10H2,1H3,(H,16,19). The number of hydrogen-bond acceptors (Lipinski definition) is 2. The molecule has 1 saturated carbocycles. The highest BCUT2D eigenvalue weighted by atomic mass is 35.5. The molecular formula is C14H23ClN2O2. The van der Waals surface area contributed by atoms with Crippen molar-refractivity contribution in [1.82, 2.24) is 10.2 Å². The molecule has 108 valence electrons. The van der Waals surface area contributed by atoms with Gasteiger partial charge in [-0.3, -0.25) is 9.69 Å². The normalized spacial score (nSPS) is 25.1. The smallest absolute Gasteiger partial charge is 0.323 e. The van der Waals surface area contributed by atoms with Gasteiger partial charge in [0, 0.05) is 12.4 Å². The first-order chi connectivity index (χ1) is 9.09. The second-order valence-electron chi connectivity index (χ2n) is 5.96. The van der Waals surface area contributed by atoms with E-state index in [-0.39, 0.29) is 17.9 Å². The molecule has 0 radical (unpaired) electrons. The zero-order chi connectivity index (χ0) is 13.9. The van der Waals surface area contributed by atoms with Gasteiger partial charge in [-0.05, 0) is 18.8 Å². The van der Waals surface area contributed by atoms with Crippen LogP contribution in [0.15, 0.2) is 0 Å². The van der Waals surface area contributed by atoms with Crippen LogP contribution >= 0.6 is 11.6 Å². The Morgan fingerprint density at radius 2 is 1.79 bits per heavy atom. The highest BCUT2D eigenvalue weighted by Crippen LogP contribution is 2.32. The van der Waals surface area contributed by atoms with Crippen LogP contribution in [-0.2, 0) is 4.79 Å². The first kappa shape index (κ1) is 14.6. The molecule has 4 nitrogen and oxygen atoms in total. The average molecular weight is 287 g/mol. The number of halogens is 1. The Kier molecular flexibility index (Phi) is 4.71. The van der Waals surface area contributed by atoms with Crippen LogP contribution in [0.1, 0.15) is 51.9 Å². The Hall–Kier alpha value is -0.770. The molecule has 1 aliphatic carbocycles. The molecule has 1 N–H and O–H groups in total. The third-order valence-corrected chi connectivity index (χ3v) is 4.74. The molecule has 3 amide bonds. The molecule has 0 aromatic carbocycles. The van der Waals surface area contributed by atoms with E-state index >= 15 is 0 Å². The topological polar surface area (TPSA) is 49.4 Å². The number of alkyl halides is 1. The second kappa shape index (κ2) is 6.12. The van der Waals surface area contributed by atoms with Gasteiger partial charge in [-0.1, -0.05) is 39.0 Å². The lowest BCUT2D eigenvalue weighted by Gasteiger charge is -2.28. The Balaban J connectivity index is 2.10. The Morgan fingerprint density at radius 1 is 1.21 bits per heavy atom. The van der Waals surface area contributed by atoms with Crippen LogP contribution in [0.3, 0.4) is 0 Å². The summed E-state index contributed by atoms with van der Waals surface area (Å²) in [6.07, 6.45) is 7.15. The molecule has 0 aromatic heterocycles. The summed E-state index contributed by atoms with van der Waals surface area (Å²) < 4.78 is 0. The van der Waals surface area contributed by atoms with Gasteiger partial charge in [-0.15, -0.1) is 11.6 Å². The minimum atomic E-state index is -0.621. The first-order valence-electron chi connectivity index (χ1n) is 7.29. The Labute approximate surface area is 119 Å². The molecule has 2 aliphatic rings. The van der Waals surface area contributed by atoms with Gasteiger partial charge in [0.1, 0.15) is 5.54 Å². The molecule has 2 fully saturated rings. The number of rotatable bonds is 3. The number of nitrogens with zero attached hydrogens (tertiary/aromatic N) is 1. The molecule has 5 heteroatoms. The predicted molar refractivity (Wildman–Crippen MR) is 75.2 cm³/mol. The van der Waals surface area contributed by atoms with E-state index in [1.54, 1.807) is 0 Å². The lowest BCUT2D eigenvalue weighted by Crippen LogP contribution is -2.47. The van der Waals surface area contributed by atoms with Crippen molar-refractivity contribution in [1.29, 1.82) is 0 Å². The van der Waals surface area contributed by atoms with Gasteiger partial charge >= 0.3 is 6.03 Å². The number of urea groups is 1. The molecule has 1 atom stereocenters. The lowest BCUT2D eigenvalue weighted by molar-refractivity contribution is -0.132. The van der Waals surface area contributed by atoms with Crippen molar-refractivity contribution in [3.05, 3.63) is 0 Å². The molecular weight excluding hydrogens is 264 g/mol. The monoisotopic (exact) mass is 286 g/mol. The summed E-state index contributed by atoms with van der Waals surface area (Å²) in [4.78, 5) is 26.0. The van der Waals surface area contributed by atoms with Crippen LogP contribution in [0, 0.1) is 5.92 Å². The van der Waals surface area contributed by atoms with E-state index in [0.717, 1.165) is 38.5 Å². The van der Waals surface area contributed by atoms with Crippen molar-refractivity contribution < 1.29 is 9.59 Å². The highest BCUT2D eigenvalue weighted by molar-refractivity contribution is 6.18. The molecule has 1 heterocycles. The second-order valence-corrected chi connectivity index (χ2v) is 6.26. The summed E-state index contributed by atoms with van der Waals surface area (Å²) >= 11 is 5.78. The predicted octanol–water partition coefficient (Wildman–Crippen LogP) is 2.90. The molecule has 2 rings (SSSR count). The number of carbonyl (C=O) groups excluding carboxylic acids is 2. The van der Waals surface area contributed by atoms with Crippen LogP contribution in [0.4, 0.5) is 4.79 Å². The fourth-order valence-electron chi connectivity index (χ4n) is 3.05. The van der Waals surface area contributed by atoms with E-state index in [9.17, 15) is 9.59 Å². The summed E-state index contributed by atoms with van der Waals surface area (Å²) in [5.74, 6) is 0.570. The lowest BCUT2D eigenvalue weighted by atomic mass is 9.84. The summed E-state index contributed by atoms with van der Waals surface area (Å²) in [6, 6.07) is -0.234. The maximum absolute atomic E-state index is 12.6. The molecule has 1 saturated heterocycles. The van der Waals surface area contributed by atoms with Crippen molar-refractivity contribution in [2.45, 2.75) is 57.4 Å². The number of hydrogen-bond donors (Lipinski definition) is 1. The molecule has 19 heavy (non-hydrogen) atoms. The van der Waals surface area contributed by atoms with Crippen LogP contribution in [0.25, 0.3) is 0 Å². The summed E-state index contributed by atoms with van der Waals surface area (Å²) in [7, 11) is 0. The summed E-state index contributed by atoms with van der Waals surface area (Å²) in [5.41, 5.74) is -0.621. The average Bonchev–Trinajstić information content (AvgIpc) is 2.59. The number of nitrogens with one attached hydrogen (secondary N) is 1. The van der Waals surface area contributed by atoms with Crippen molar-refractivity contribution in [2.24, 2.45) is 5.92 Å². The minimum absolute atomic E-state index is 0.0311. The Morgan fingerprint density at radius 3 is 2.37 bits per heavy atom. The van der Waals surface area contributed by atoms with Gasteiger partial charge in [-0.25, -0.2) is 4.79 Å². The molecule has 0 bridgehead atoms. The van der Waals surface area contributed by atoms with Crippen molar-refractivity contribution in [2.75, 3.05) is 12.4 Å². The molecule has 1 spiro atoms. The third kappa shape index (κ3) is 3.04. The van der Waals surface area contributed by atoms with Gasteiger partial charge < -0.3 is 5.32 Å². The Bertz CT molecular complexity index is 351. The SMILES string of the molecule is CC(CCl)CN1C(=O)NC2(CCCCCCC2)C1=O. The molecule has 1 unspecified atom stereocenters. The van der Waals surface area contributed by atoms with Gasteiger partial charge in [0.15, 0.2) is 0 Å². The van der Waals surface area contributed by atoms with Crippen molar-refractivity contribution >= 4 is 23.5 Å². The van der Waals surface area contributed by atoms with E-state index < -0.39 is 5.54 Å². The summed E-state index contributed by atoms with van der Waals surface area (Å²) in [5, 5.41) is 2.96. The molecule has 0 aromatic rings. The van der Waals surface area contributed by atoms with Gasteiger partial charge in [0.05, 0.1) is 0 Å². The third-order valence-electron chi connectivity index (χ3n) is 4.21. The summed E-state index contributed by atoms with van der Waals surface area (Å²) in [6.45, 7) is 2.38. The largest absolute Gasteiger partial charge is 0.325 e. The van der Waals surface area contributed by atoms with Crippen molar-refractivity contribution in [3.8, 4) is 0 Å². The number of imide groups is 1. The van der Waals surface area contributed by atoms with Gasteiger partial charge in [0.25, 0.3) is 5.91 Å². The quantitative estimate of drug-likeness (QED) is 0.641. The fraction of sp³-hybridized carbons (Fsp3) is 0.857.